The highest BCUT2D eigenvalue weighted by atomic mass is 32.2. The Morgan fingerprint density at radius 1 is 1.17 bits per heavy atom. The smallest absolute Gasteiger partial charge is 0.241 e. The van der Waals surface area contributed by atoms with Gasteiger partial charge in [0, 0.05) is 13.5 Å². The third-order valence-corrected chi connectivity index (χ3v) is 5.26. The maximum atomic E-state index is 12.5. The van der Waals surface area contributed by atoms with Gasteiger partial charge in [0.25, 0.3) is 0 Å². The summed E-state index contributed by atoms with van der Waals surface area (Å²) in [5.74, 6) is 1.20. The van der Waals surface area contributed by atoms with Crippen LogP contribution in [0.5, 0.6) is 5.75 Å². The maximum absolute atomic E-state index is 12.5. The molecular weight excluding hydrogens is 328 g/mol. The summed E-state index contributed by atoms with van der Waals surface area (Å²) in [6.45, 7) is 3.69. The first kappa shape index (κ1) is 16.5. The zero-order valence-electron chi connectivity index (χ0n) is 13.7. The zero-order valence-corrected chi connectivity index (χ0v) is 14.5. The molecule has 0 radical (unpaired) electrons. The van der Waals surface area contributed by atoms with Crippen LogP contribution >= 0.6 is 0 Å². The number of nitrogens with zero attached hydrogens (tertiary/aromatic N) is 1. The minimum absolute atomic E-state index is 0.176. The average Bonchev–Trinajstić information content (AvgIpc) is 2.91. The molecule has 3 rings (SSSR count). The van der Waals surface area contributed by atoms with Crippen molar-refractivity contribution in [2.45, 2.75) is 25.3 Å². The summed E-state index contributed by atoms with van der Waals surface area (Å²) in [7, 11) is -2.07. The van der Waals surface area contributed by atoms with Gasteiger partial charge in [0.05, 0.1) is 12.0 Å². The second kappa shape index (κ2) is 6.26. The van der Waals surface area contributed by atoms with Crippen molar-refractivity contribution in [3.05, 3.63) is 53.4 Å². The molecule has 3 aromatic rings. The number of fused-ring (bicyclic) bond motifs is 1. The van der Waals surface area contributed by atoms with Crippen molar-refractivity contribution in [3.63, 3.8) is 0 Å². The number of ether oxygens (including phenoxy) is 1. The Morgan fingerprint density at radius 3 is 2.67 bits per heavy atom. The van der Waals surface area contributed by atoms with Crippen LogP contribution in [0.2, 0.25) is 0 Å². The summed E-state index contributed by atoms with van der Waals surface area (Å²) in [5, 5.41) is 0. The van der Waals surface area contributed by atoms with Crippen LogP contribution in [-0.2, 0) is 16.6 Å². The molecule has 24 heavy (non-hydrogen) atoms. The SMILES string of the molecule is COc1ccc(S(=O)(=O)NCc2ccc3oc(C)nc3c2)c(C)c1. The van der Waals surface area contributed by atoms with Gasteiger partial charge in [-0.1, -0.05) is 6.07 Å². The quantitative estimate of drug-likeness (QED) is 0.768. The average molecular weight is 346 g/mol. The van der Waals surface area contributed by atoms with Crippen LogP contribution in [0.3, 0.4) is 0 Å². The molecule has 0 atom stereocenters. The lowest BCUT2D eigenvalue weighted by Crippen LogP contribution is -2.24. The Labute approximate surface area is 140 Å². The molecule has 0 saturated heterocycles. The van der Waals surface area contributed by atoms with E-state index < -0.39 is 10.0 Å². The van der Waals surface area contributed by atoms with Crippen molar-refractivity contribution in [1.29, 1.82) is 0 Å². The van der Waals surface area contributed by atoms with E-state index in [1.165, 1.54) is 0 Å². The molecular formula is C17H18N2O4S. The molecule has 0 aliphatic heterocycles. The van der Waals surface area contributed by atoms with Crippen molar-refractivity contribution < 1.29 is 17.6 Å². The fraction of sp³-hybridized carbons (Fsp3) is 0.235. The zero-order chi connectivity index (χ0) is 17.3. The van der Waals surface area contributed by atoms with E-state index in [0.717, 1.165) is 5.56 Å². The Kier molecular flexibility index (Phi) is 4.29. The van der Waals surface area contributed by atoms with Gasteiger partial charge in [-0.3, -0.25) is 0 Å². The van der Waals surface area contributed by atoms with Crippen LogP contribution in [0.4, 0.5) is 0 Å². The lowest BCUT2D eigenvalue weighted by molar-refractivity contribution is 0.414. The summed E-state index contributed by atoms with van der Waals surface area (Å²) in [4.78, 5) is 4.49. The fourth-order valence-corrected chi connectivity index (χ4v) is 3.75. The van der Waals surface area contributed by atoms with Crippen molar-refractivity contribution in [1.82, 2.24) is 9.71 Å². The first-order valence-corrected chi connectivity index (χ1v) is 8.88. The van der Waals surface area contributed by atoms with Crippen LogP contribution < -0.4 is 9.46 Å². The molecule has 0 spiro atoms. The second-order valence-corrected chi connectivity index (χ2v) is 7.23. The van der Waals surface area contributed by atoms with E-state index in [1.807, 2.05) is 12.1 Å². The normalized spacial score (nSPS) is 11.8. The van der Waals surface area contributed by atoms with Gasteiger partial charge in [-0.25, -0.2) is 18.1 Å². The van der Waals surface area contributed by atoms with Crippen LogP contribution in [-0.4, -0.2) is 20.5 Å². The molecule has 2 aromatic carbocycles. The summed E-state index contributed by atoms with van der Waals surface area (Å²) < 4.78 is 38.1. The molecule has 1 N–H and O–H groups in total. The Hall–Kier alpha value is -2.38. The van der Waals surface area contributed by atoms with Gasteiger partial charge < -0.3 is 9.15 Å². The lowest BCUT2D eigenvalue weighted by atomic mass is 10.2. The minimum Gasteiger partial charge on any atom is -0.497 e. The number of rotatable bonds is 5. The van der Waals surface area contributed by atoms with Gasteiger partial charge in [-0.05, 0) is 48.4 Å². The van der Waals surface area contributed by atoms with Crippen LogP contribution in [0.15, 0.2) is 45.7 Å². The first-order valence-electron chi connectivity index (χ1n) is 7.39. The molecule has 7 heteroatoms. The molecule has 0 aliphatic rings. The van der Waals surface area contributed by atoms with Crippen molar-refractivity contribution in [3.8, 4) is 5.75 Å². The first-order chi connectivity index (χ1) is 11.4. The molecule has 1 heterocycles. The van der Waals surface area contributed by atoms with E-state index in [-0.39, 0.29) is 11.4 Å². The van der Waals surface area contributed by atoms with Gasteiger partial charge in [0.2, 0.25) is 10.0 Å². The molecule has 0 saturated carbocycles. The molecule has 0 amide bonds. The monoisotopic (exact) mass is 346 g/mol. The Morgan fingerprint density at radius 2 is 1.96 bits per heavy atom. The van der Waals surface area contributed by atoms with E-state index in [0.29, 0.717) is 28.3 Å². The number of aromatic nitrogens is 1. The van der Waals surface area contributed by atoms with Gasteiger partial charge in [0.15, 0.2) is 11.5 Å². The van der Waals surface area contributed by atoms with E-state index >= 15 is 0 Å². The molecule has 0 fully saturated rings. The van der Waals surface area contributed by atoms with Crippen LogP contribution in [0, 0.1) is 13.8 Å². The highest BCUT2D eigenvalue weighted by Gasteiger charge is 2.17. The predicted molar refractivity (Wildman–Crippen MR) is 90.5 cm³/mol. The van der Waals surface area contributed by atoms with Crippen LogP contribution in [0.1, 0.15) is 17.0 Å². The Balaban J connectivity index is 1.81. The minimum atomic E-state index is -3.61. The van der Waals surface area contributed by atoms with Gasteiger partial charge >= 0.3 is 0 Å². The summed E-state index contributed by atoms with van der Waals surface area (Å²) in [6, 6.07) is 10.3. The third-order valence-electron chi connectivity index (χ3n) is 3.70. The largest absolute Gasteiger partial charge is 0.497 e. The van der Waals surface area contributed by atoms with Crippen molar-refractivity contribution >= 4 is 21.1 Å². The van der Waals surface area contributed by atoms with Gasteiger partial charge in [0.1, 0.15) is 11.3 Å². The number of benzene rings is 2. The number of aryl methyl sites for hydroxylation is 2. The number of nitrogens with one attached hydrogen (secondary N) is 1. The lowest BCUT2D eigenvalue weighted by Gasteiger charge is -2.10. The number of hydrogen-bond donors (Lipinski definition) is 1. The number of methoxy groups -OCH3 is 1. The molecule has 0 bridgehead atoms. The number of oxazole rings is 1. The summed E-state index contributed by atoms with van der Waals surface area (Å²) >= 11 is 0. The van der Waals surface area contributed by atoms with E-state index in [9.17, 15) is 8.42 Å². The highest BCUT2D eigenvalue weighted by Crippen LogP contribution is 2.21. The highest BCUT2D eigenvalue weighted by molar-refractivity contribution is 7.89. The van der Waals surface area contributed by atoms with E-state index in [4.69, 9.17) is 9.15 Å². The predicted octanol–water partition coefficient (Wildman–Crippen LogP) is 2.93. The molecule has 126 valence electrons. The summed E-state index contributed by atoms with van der Waals surface area (Å²) in [6.07, 6.45) is 0. The second-order valence-electron chi connectivity index (χ2n) is 5.49. The topological polar surface area (TPSA) is 81.4 Å². The van der Waals surface area contributed by atoms with E-state index in [2.05, 4.69) is 9.71 Å². The maximum Gasteiger partial charge on any atom is 0.241 e. The molecule has 6 nitrogen and oxygen atoms in total. The standard InChI is InChI=1S/C17H18N2O4S/c1-11-8-14(22-3)5-7-17(11)24(20,21)18-10-13-4-6-16-15(9-13)19-12(2)23-16/h4-9,18H,10H2,1-3H3. The van der Waals surface area contributed by atoms with Crippen molar-refractivity contribution in [2.24, 2.45) is 0 Å². The molecule has 0 unspecified atom stereocenters. The van der Waals surface area contributed by atoms with Gasteiger partial charge in [-0.15, -0.1) is 0 Å². The number of sulfonamides is 1. The molecule has 0 aliphatic carbocycles. The van der Waals surface area contributed by atoms with Crippen molar-refractivity contribution in [2.75, 3.05) is 7.11 Å². The Bertz CT molecular complexity index is 993. The molecule has 1 aromatic heterocycles. The number of hydrogen-bond acceptors (Lipinski definition) is 5. The third kappa shape index (κ3) is 3.27. The van der Waals surface area contributed by atoms with E-state index in [1.54, 1.807) is 45.2 Å². The fourth-order valence-electron chi connectivity index (χ4n) is 2.50. The summed E-state index contributed by atoms with van der Waals surface area (Å²) in [5.41, 5.74) is 2.84. The van der Waals surface area contributed by atoms with Crippen LogP contribution in [0.25, 0.3) is 11.1 Å². The van der Waals surface area contributed by atoms with Gasteiger partial charge in [-0.2, -0.15) is 0 Å².